The average Bonchev–Trinajstić information content (AvgIpc) is 3.20. The van der Waals surface area contributed by atoms with E-state index in [1.807, 2.05) is 0 Å². The molecule has 0 bridgehead atoms. The van der Waals surface area contributed by atoms with E-state index >= 15 is 0 Å². The van der Waals surface area contributed by atoms with Crippen molar-refractivity contribution in [3.8, 4) is 0 Å². The molecule has 1 aliphatic rings. The average molecular weight is 325 g/mol. The topological polar surface area (TPSA) is 29.3 Å². The molecule has 1 saturated carbocycles. The van der Waals surface area contributed by atoms with Crippen LogP contribution in [0.2, 0.25) is 5.02 Å². The summed E-state index contributed by atoms with van der Waals surface area (Å²) in [5, 5.41) is 2.25. The maximum atomic E-state index is 13.4. The first-order valence-electron chi connectivity index (χ1n) is 7.12. The third-order valence-corrected chi connectivity index (χ3v) is 5.04. The Labute approximate surface area is 133 Å². The molecule has 1 unspecified atom stereocenters. The van der Waals surface area contributed by atoms with Crippen LogP contribution in [0, 0.1) is 5.82 Å². The summed E-state index contributed by atoms with van der Waals surface area (Å²) in [6.45, 7) is 1.39. The van der Waals surface area contributed by atoms with Crippen LogP contribution in [0.5, 0.6) is 0 Å². The molecule has 1 aromatic heterocycles. The first-order chi connectivity index (χ1) is 10.2. The molecule has 0 spiro atoms. The Morgan fingerprint density at radius 2 is 2.19 bits per heavy atom. The zero-order valence-corrected chi connectivity index (χ0v) is 13.2. The van der Waals surface area contributed by atoms with Gasteiger partial charge in [-0.1, -0.05) is 23.7 Å². The predicted octanol–water partition coefficient (Wildman–Crippen LogP) is 4.21. The van der Waals surface area contributed by atoms with E-state index in [0.717, 1.165) is 12.1 Å². The van der Waals surface area contributed by atoms with Gasteiger partial charge in [0.1, 0.15) is 5.82 Å². The number of nitrogens with two attached hydrogens (primary N) is 1. The van der Waals surface area contributed by atoms with E-state index in [4.69, 9.17) is 17.3 Å². The predicted molar refractivity (Wildman–Crippen MR) is 86.1 cm³/mol. The quantitative estimate of drug-likeness (QED) is 0.862. The van der Waals surface area contributed by atoms with E-state index in [0.29, 0.717) is 12.6 Å². The van der Waals surface area contributed by atoms with Crippen LogP contribution in [0.1, 0.15) is 29.3 Å². The van der Waals surface area contributed by atoms with Gasteiger partial charge < -0.3 is 5.73 Å². The number of rotatable bonds is 6. The molecular weight excluding hydrogens is 307 g/mol. The Morgan fingerprint density at radius 3 is 2.76 bits per heavy atom. The van der Waals surface area contributed by atoms with Gasteiger partial charge in [-0.3, -0.25) is 4.90 Å². The number of hydrogen-bond donors (Lipinski definition) is 1. The van der Waals surface area contributed by atoms with E-state index in [1.54, 1.807) is 23.5 Å². The molecule has 3 rings (SSSR count). The molecule has 1 fully saturated rings. The van der Waals surface area contributed by atoms with Gasteiger partial charge in [-0.25, -0.2) is 4.39 Å². The lowest BCUT2D eigenvalue weighted by Crippen LogP contribution is -2.35. The summed E-state index contributed by atoms with van der Waals surface area (Å²) >= 11 is 7.68. The van der Waals surface area contributed by atoms with Crippen LogP contribution in [0.25, 0.3) is 0 Å². The summed E-state index contributed by atoms with van der Waals surface area (Å²) in [6, 6.07) is 9.79. The molecule has 1 heterocycles. The standard InChI is InChI=1S/C16H18ClFN2S/c17-14-8-11(3-6-15(14)18)16(9-19)20(12-4-5-12)10-13-2-1-7-21-13/h1-3,6-8,12,16H,4-5,9-10,19H2. The molecule has 1 atom stereocenters. The molecule has 2 N–H and O–H groups in total. The van der Waals surface area contributed by atoms with Crippen molar-refractivity contribution in [3.63, 3.8) is 0 Å². The van der Waals surface area contributed by atoms with Gasteiger partial charge in [-0.15, -0.1) is 11.3 Å². The van der Waals surface area contributed by atoms with Crippen LogP contribution in [0.15, 0.2) is 35.7 Å². The fourth-order valence-electron chi connectivity index (χ4n) is 2.67. The molecular formula is C16H18ClFN2S. The fraction of sp³-hybridized carbons (Fsp3) is 0.375. The van der Waals surface area contributed by atoms with E-state index in [-0.39, 0.29) is 16.9 Å². The van der Waals surface area contributed by atoms with Crippen LogP contribution in [-0.4, -0.2) is 17.5 Å². The van der Waals surface area contributed by atoms with Crippen molar-refractivity contribution in [2.45, 2.75) is 31.5 Å². The Hall–Kier alpha value is -0.940. The summed E-state index contributed by atoms with van der Waals surface area (Å²) < 4.78 is 13.4. The highest BCUT2D eigenvalue weighted by atomic mass is 35.5. The molecule has 2 aromatic rings. The Balaban J connectivity index is 1.86. The van der Waals surface area contributed by atoms with E-state index in [9.17, 15) is 4.39 Å². The van der Waals surface area contributed by atoms with Gasteiger partial charge in [0.25, 0.3) is 0 Å². The maximum Gasteiger partial charge on any atom is 0.141 e. The van der Waals surface area contributed by atoms with Crippen LogP contribution >= 0.6 is 22.9 Å². The third kappa shape index (κ3) is 3.46. The van der Waals surface area contributed by atoms with Crippen molar-refractivity contribution < 1.29 is 4.39 Å². The van der Waals surface area contributed by atoms with Gasteiger partial charge in [0.2, 0.25) is 0 Å². The van der Waals surface area contributed by atoms with Gasteiger partial charge in [0.05, 0.1) is 5.02 Å². The van der Waals surface area contributed by atoms with Crippen LogP contribution in [-0.2, 0) is 6.54 Å². The molecule has 0 saturated heterocycles. The summed E-state index contributed by atoms with van der Waals surface area (Å²) in [7, 11) is 0. The molecule has 0 radical (unpaired) electrons. The van der Waals surface area contributed by atoms with E-state index < -0.39 is 0 Å². The molecule has 0 aliphatic heterocycles. The van der Waals surface area contributed by atoms with Crippen LogP contribution in [0.3, 0.4) is 0 Å². The SMILES string of the molecule is NCC(c1ccc(F)c(Cl)c1)N(Cc1cccs1)C1CC1. The van der Waals surface area contributed by atoms with Crippen molar-refractivity contribution in [2.75, 3.05) is 6.54 Å². The number of nitrogens with zero attached hydrogens (tertiary/aromatic N) is 1. The zero-order valence-electron chi connectivity index (χ0n) is 11.6. The first-order valence-corrected chi connectivity index (χ1v) is 8.38. The van der Waals surface area contributed by atoms with Crippen molar-refractivity contribution in [1.29, 1.82) is 0 Å². The van der Waals surface area contributed by atoms with Gasteiger partial charge in [0.15, 0.2) is 0 Å². The molecule has 1 aromatic carbocycles. The second kappa shape index (κ2) is 6.44. The highest BCUT2D eigenvalue weighted by molar-refractivity contribution is 7.09. The monoisotopic (exact) mass is 324 g/mol. The molecule has 112 valence electrons. The van der Waals surface area contributed by atoms with Gasteiger partial charge in [-0.2, -0.15) is 0 Å². The van der Waals surface area contributed by atoms with E-state index in [1.165, 1.54) is 23.8 Å². The minimum atomic E-state index is -0.382. The Kier molecular flexibility index (Phi) is 4.60. The number of thiophene rings is 1. The highest BCUT2D eigenvalue weighted by Crippen LogP contribution is 2.36. The normalized spacial score (nSPS) is 16.4. The maximum absolute atomic E-state index is 13.4. The Morgan fingerprint density at radius 1 is 1.38 bits per heavy atom. The fourth-order valence-corrected chi connectivity index (χ4v) is 3.57. The zero-order chi connectivity index (χ0) is 14.8. The highest BCUT2D eigenvalue weighted by Gasteiger charge is 2.34. The largest absolute Gasteiger partial charge is 0.329 e. The number of benzene rings is 1. The lowest BCUT2D eigenvalue weighted by Gasteiger charge is -2.31. The van der Waals surface area contributed by atoms with Gasteiger partial charge in [0, 0.05) is 30.1 Å². The van der Waals surface area contributed by atoms with Crippen molar-refractivity contribution in [1.82, 2.24) is 4.90 Å². The second-order valence-electron chi connectivity index (χ2n) is 5.41. The lowest BCUT2D eigenvalue weighted by molar-refractivity contribution is 0.183. The lowest BCUT2D eigenvalue weighted by atomic mass is 10.0. The second-order valence-corrected chi connectivity index (χ2v) is 6.85. The minimum absolute atomic E-state index is 0.0812. The number of halogens is 2. The van der Waals surface area contributed by atoms with Crippen LogP contribution < -0.4 is 5.73 Å². The van der Waals surface area contributed by atoms with Crippen molar-refractivity contribution >= 4 is 22.9 Å². The summed E-state index contributed by atoms with van der Waals surface area (Å²) in [5.41, 5.74) is 7.01. The minimum Gasteiger partial charge on any atom is -0.329 e. The Bertz CT molecular complexity index is 598. The summed E-state index contributed by atoms with van der Waals surface area (Å²) in [6.07, 6.45) is 2.41. The van der Waals surface area contributed by atoms with E-state index in [2.05, 4.69) is 22.4 Å². The molecule has 2 nitrogen and oxygen atoms in total. The van der Waals surface area contributed by atoms with Gasteiger partial charge in [-0.05, 0) is 42.0 Å². The van der Waals surface area contributed by atoms with Crippen LogP contribution in [0.4, 0.5) is 4.39 Å². The smallest absolute Gasteiger partial charge is 0.141 e. The first kappa shape index (κ1) is 15.0. The summed E-state index contributed by atoms with van der Waals surface area (Å²) in [5.74, 6) is -0.382. The summed E-state index contributed by atoms with van der Waals surface area (Å²) in [4.78, 5) is 3.75. The van der Waals surface area contributed by atoms with Crippen molar-refractivity contribution in [3.05, 3.63) is 57.0 Å². The number of hydrogen-bond acceptors (Lipinski definition) is 3. The third-order valence-electron chi connectivity index (χ3n) is 3.89. The molecule has 0 amide bonds. The van der Waals surface area contributed by atoms with Crippen molar-refractivity contribution in [2.24, 2.45) is 5.73 Å². The molecule has 21 heavy (non-hydrogen) atoms. The molecule has 1 aliphatic carbocycles. The molecule has 5 heteroatoms. The van der Waals surface area contributed by atoms with Gasteiger partial charge >= 0.3 is 0 Å².